The Hall–Kier alpha value is -0.860. The van der Waals surface area contributed by atoms with Crippen LogP contribution in [0.4, 0.5) is 0 Å². The quantitative estimate of drug-likeness (QED) is 0.833. The predicted molar refractivity (Wildman–Crippen MR) is 77.0 cm³/mol. The van der Waals surface area contributed by atoms with Crippen LogP contribution >= 0.6 is 23.2 Å². The Morgan fingerprint density at radius 3 is 2.71 bits per heavy atom. The van der Waals surface area contributed by atoms with E-state index in [4.69, 9.17) is 37.8 Å². The molecule has 0 spiro atoms. The number of esters is 1. The van der Waals surface area contributed by atoms with E-state index in [2.05, 4.69) is 0 Å². The van der Waals surface area contributed by atoms with E-state index >= 15 is 0 Å². The third-order valence-corrected chi connectivity index (χ3v) is 4.86. The first-order valence-electron chi connectivity index (χ1n) is 6.05. The van der Waals surface area contributed by atoms with Crippen LogP contribution in [0.3, 0.4) is 0 Å². The summed E-state index contributed by atoms with van der Waals surface area (Å²) in [6, 6.07) is 2.29. The van der Waals surface area contributed by atoms with Crippen LogP contribution in [0.2, 0.25) is 10.0 Å². The number of primary sulfonamides is 1. The molecule has 116 valence electrons. The van der Waals surface area contributed by atoms with Crippen LogP contribution < -0.4 is 5.14 Å². The first kappa shape index (κ1) is 16.5. The fourth-order valence-electron chi connectivity index (χ4n) is 1.88. The van der Waals surface area contributed by atoms with Gasteiger partial charge in [-0.2, -0.15) is 0 Å². The van der Waals surface area contributed by atoms with Gasteiger partial charge >= 0.3 is 5.97 Å². The van der Waals surface area contributed by atoms with Crippen molar-refractivity contribution in [1.82, 2.24) is 0 Å². The molecule has 1 aliphatic rings. The smallest absolute Gasteiger partial charge is 0.338 e. The molecule has 0 saturated carbocycles. The molecule has 1 heterocycles. The standard InChI is InChI=1S/C12H13Cl2NO5S/c13-9-3-8(4-10(11(9)14)21(15,17)18)12(16)20-6-7-1-2-19-5-7/h3-4,7H,1-2,5-6H2,(H2,15,17,18). The van der Waals surface area contributed by atoms with Gasteiger partial charge in [-0.15, -0.1) is 0 Å². The minimum Gasteiger partial charge on any atom is -0.462 e. The molecule has 0 bridgehead atoms. The van der Waals surface area contributed by atoms with Crippen molar-refractivity contribution in [2.75, 3.05) is 19.8 Å². The summed E-state index contributed by atoms with van der Waals surface area (Å²) in [5.74, 6) is -0.542. The number of carbonyl (C=O) groups excluding carboxylic acids is 1. The molecule has 0 radical (unpaired) electrons. The maximum atomic E-state index is 11.9. The Morgan fingerprint density at radius 1 is 1.43 bits per heavy atom. The van der Waals surface area contributed by atoms with Crippen molar-refractivity contribution in [3.8, 4) is 0 Å². The van der Waals surface area contributed by atoms with Crippen LogP contribution in [0, 0.1) is 5.92 Å². The second-order valence-electron chi connectivity index (χ2n) is 4.64. The summed E-state index contributed by atoms with van der Waals surface area (Å²) in [5, 5.41) is 4.72. The summed E-state index contributed by atoms with van der Waals surface area (Å²) >= 11 is 11.6. The van der Waals surface area contributed by atoms with Gasteiger partial charge in [0.2, 0.25) is 10.0 Å². The lowest BCUT2D eigenvalue weighted by atomic mass is 10.1. The molecule has 1 saturated heterocycles. The minimum atomic E-state index is -4.09. The zero-order valence-electron chi connectivity index (χ0n) is 10.8. The number of hydrogen-bond donors (Lipinski definition) is 1. The zero-order chi connectivity index (χ0) is 15.6. The Kier molecular flexibility index (Phi) is 5.11. The van der Waals surface area contributed by atoms with Gasteiger partial charge in [0.05, 0.1) is 28.8 Å². The number of ether oxygens (including phenoxy) is 2. The number of carbonyl (C=O) groups is 1. The average molecular weight is 354 g/mol. The highest BCUT2D eigenvalue weighted by atomic mass is 35.5. The number of nitrogens with two attached hydrogens (primary N) is 1. The predicted octanol–water partition coefficient (Wildman–Crippen LogP) is 1.83. The van der Waals surface area contributed by atoms with Crippen molar-refractivity contribution in [2.45, 2.75) is 11.3 Å². The van der Waals surface area contributed by atoms with Crippen molar-refractivity contribution < 1.29 is 22.7 Å². The summed E-state index contributed by atoms with van der Waals surface area (Å²) < 4.78 is 33.1. The lowest BCUT2D eigenvalue weighted by Gasteiger charge is -2.11. The number of benzene rings is 1. The van der Waals surface area contributed by atoms with Gasteiger partial charge in [0.1, 0.15) is 4.90 Å². The fraction of sp³-hybridized carbons (Fsp3) is 0.417. The van der Waals surface area contributed by atoms with Gasteiger partial charge in [-0.25, -0.2) is 18.4 Å². The number of halogens is 2. The van der Waals surface area contributed by atoms with Crippen molar-refractivity contribution in [2.24, 2.45) is 11.1 Å². The first-order chi connectivity index (χ1) is 9.79. The van der Waals surface area contributed by atoms with E-state index in [1.54, 1.807) is 0 Å². The fourth-order valence-corrected chi connectivity index (χ4v) is 3.24. The van der Waals surface area contributed by atoms with E-state index in [0.717, 1.165) is 12.5 Å². The Bertz CT molecular complexity index is 656. The molecule has 2 N–H and O–H groups in total. The second kappa shape index (κ2) is 6.50. The van der Waals surface area contributed by atoms with Crippen LogP contribution in [0.15, 0.2) is 17.0 Å². The normalized spacial score (nSPS) is 18.7. The first-order valence-corrected chi connectivity index (χ1v) is 8.36. The summed E-state index contributed by atoms with van der Waals surface area (Å²) in [6.45, 7) is 1.38. The topological polar surface area (TPSA) is 95.7 Å². The Morgan fingerprint density at radius 2 is 2.14 bits per heavy atom. The third-order valence-electron chi connectivity index (χ3n) is 3.01. The molecule has 1 unspecified atom stereocenters. The van der Waals surface area contributed by atoms with Gasteiger partial charge in [0, 0.05) is 12.5 Å². The van der Waals surface area contributed by atoms with Gasteiger partial charge in [0.15, 0.2) is 0 Å². The molecule has 0 amide bonds. The molecule has 1 aromatic rings. The van der Waals surface area contributed by atoms with Crippen molar-refractivity contribution in [3.63, 3.8) is 0 Å². The monoisotopic (exact) mass is 353 g/mol. The van der Waals surface area contributed by atoms with Crippen LogP contribution in [0.5, 0.6) is 0 Å². The van der Waals surface area contributed by atoms with Crippen LogP contribution in [0.25, 0.3) is 0 Å². The van der Waals surface area contributed by atoms with E-state index in [1.807, 2.05) is 0 Å². The van der Waals surface area contributed by atoms with Crippen LogP contribution in [0.1, 0.15) is 16.8 Å². The highest BCUT2D eigenvalue weighted by Gasteiger charge is 2.22. The van der Waals surface area contributed by atoms with Gasteiger partial charge in [-0.3, -0.25) is 0 Å². The summed E-state index contributed by atoms with van der Waals surface area (Å²) in [7, 11) is -4.09. The Balaban J connectivity index is 2.19. The lowest BCUT2D eigenvalue weighted by Crippen LogP contribution is -2.17. The third kappa shape index (κ3) is 4.08. The molecular formula is C12H13Cl2NO5S. The number of rotatable bonds is 4. The van der Waals surface area contributed by atoms with Gasteiger partial charge in [0.25, 0.3) is 0 Å². The molecule has 2 rings (SSSR count). The maximum Gasteiger partial charge on any atom is 0.338 e. The van der Waals surface area contributed by atoms with E-state index < -0.39 is 20.9 Å². The van der Waals surface area contributed by atoms with Crippen molar-refractivity contribution >= 4 is 39.2 Å². The highest BCUT2D eigenvalue weighted by Crippen LogP contribution is 2.30. The highest BCUT2D eigenvalue weighted by molar-refractivity contribution is 7.89. The molecule has 21 heavy (non-hydrogen) atoms. The maximum absolute atomic E-state index is 11.9. The van der Waals surface area contributed by atoms with Crippen LogP contribution in [-0.2, 0) is 19.5 Å². The van der Waals surface area contributed by atoms with Crippen molar-refractivity contribution in [1.29, 1.82) is 0 Å². The van der Waals surface area contributed by atoms with E-state index in [1.165, 1.54) is 6.07 Å². The lowest BCUT2D eigenvalue weighted by molar-refractivity contribution is 0.0428. The molecule has 6 nitrogen and oxygen atoms in total. The summed E-state index contributed by atoms with van der Waals surface area (Å²) in [4.78, 5) is 11.5. The molecule has 1 atom stereocenters. The molecular weight excluding hydrogens is 341 g/mol. The molecule has 1 aromatic carbocycles. The van der Waals surface area contributed by atoms with Gasteiger partial charge < -0.3 is 9.47 Å². The number of sulfonamides is 1. The van der Waals surface area contributed by atoms with E-state index in [-0.39, 0.29) is 28.1 Å². The van der Waals surface area contributed by atoms with Gasteiger partial charge in [-0.1, -0.05) is 23.2 Å². The number of hydrogen-bond acceptors (Lipinski definition) is 5. The SMILES string of the molecule is NS(=O)(=O)c1cc(C(=O)OCC2CCOC2)cc(Cl)c1Cl. The molecule has 0 aliphatic carbocycles. The molecule has 0 aromatic heterocycles. The summed E-state index contributed by atoms with van der Waals surface area (Å²) in [5.41, 5.74) is -0.0210. The van der Waals surface area contributed by atoms with Gasteiger partial charge in [-0.05, 0) is 18.6 Å². The van der Waals surface area contributed by atoms with E-state index in [0.29, 0.717) is 13.2 Å². The van der Waals surface area contributed by atoms with E-state index in [9.17, 15) is 13.2 Å². The van der Waals surface area contributed by atoms with Crippen LogP contribution in [-0.4, -0.2) is 34.2 Å². The van der Waals surface area contributed by atoms with Crippen molar-refractivity contribution in [3.05, 3.63) is 27.7 Å². The molecule has 9 heteroatoms. The summed E-state index contributed by atoms with van der Waals surface area (Å²) in [6.07, 6.45) is 0.817. The Labute approximate surface area is 132 Å². The largest absolute Gasteiger partial charge is 0.462 e. The minimum absolute atomic E-state index is 0.0210. The average Bonchev–Trinajstić information content (AvgIpc) is 2.90. The molecule has 1 fully saturated rings. The zero-order valence-corrected chi connectivity index (χ0v) is 13.2. The second-order valence-corrected chi connectivity index (χ2v) is 6.96. The molecule has 1 aliphatic heterocycles.